The first-order chi connectivity index (χ1) is 4.35. The summed E-state index contributed by atoms with van der Waals surface area (Å²) in [5, 5.41) is 6.49. The van der Waals surface area contributed by atoms with Gasteiger partial charge in [0.25, 0.3) is 0 Å². The largest absolute Gasteiger partial charge is 0.319 e. The highest BCUT2D eigenvalue weighted by molar-refractivity contribution is 6.04. The van der Waals surface area contributed by atoms with E-state index in [9.17, 15) is 0 Å². The molecule has 0 saturated carbocycles. The van der Waals surface area contributed by atoms with Crippen LogP contribution in [0.5, 0.6) is 0 Å². The summed E-state index contributed by atoms with van der Waals surface area (Å²) in [5.41, 5.74) is 0. The number of rotatable bonds is 5. The molecule has 0 radical (unpaired) electrons. The van der Waals surface area contributed by atoms with Crippen LogP contribution in [0.15, 0.2) is 0 Å². The second kappa shape index (κ2) is 6.22. The molecule has 0 aliphatic carbocycles. The van der Waals surface area contributed by atoms with Crippen molar-refractivity contribution in [3.63, 3.8) is 0 Å². The maximum atomic E-state index is 3.25. The van der Waals surface area contributed by atoms with Crippen LogP contribution in [0.2, 0.25) is 0 Å². The highest BCUT2D eigenvalue weighted by atomic mass is 28.2. The smallest absolute Gasteiger partial charge is 0.105 e. The molecule has 0 unspecified atom stereocenters. The van der Waals surface area contributed by atoms with Gasteiger partial charge in [0, 0.05) is 0 Å². The van der Waals surface area contributed by atoms with Gasteiger partial charge in [0.1, 0.15) is 6.29 Å². The number of hydrogen-bond donors (Lipinski definition) is 3. The van der Waals surface area contributed by atoms with E-state index in [1.54, 1.807) is 0 Å². The summed E-state index contributed by atoms with van der Waals surface area (Å²) in [4.78, 5) is 3.22. The third-order valence-corrected chi connectivity index (χ3v) is 1.68. The van der Waals surface area contributed by atoms with Crippen molar-refractivity contribution in [2.45, 2.75) is 20.1 Å². The van der Waals surface area contributed by atoms with E-state index in [2.05, 4.69) is 29.5 Å². The van der Waals surface area contributed by atoms with Gasteiger partial charge in [0.15, 0.2) is 0 Å². The van der Waals surface area contributed by atoms with Gasteiger partial charge in [-0.1, -0.05) is 13.8 Å². The lowest BCUT2D eigenvalue weighted by Crippen LogP contribution is -2.51. The summed E-state index contributed by atoms with van der Waals surface area (Å²) >= 11 is 0. The predicted molar refractivity (Wildman–Crippen MR) is 44.2 cm³/mol. The number of nitrogens with one attached hydrogen (secondary N) is 3. The molecule has 0 amide bonds. The van der Waals surface area contributed by atoms with Gasteiger partial charge in [-0.25, -0.2) is 0 Å². The lowest BCUT2D eigenvalue weighted by molar-refractivity contribution is 0.428. The van der Waals surface area contributed by atoms with Crippen LogP contribution in [-0.2, 0) is 0 Å². The van der Waals surface area contributed by atoms with Gasteiger partial charge in [0.05, 0.1) is 10.4 Å². The van der Waals surface area contributed by atoms with E-state index in [0.717, 1.165) is 23.5 Å². The molecular formula is C5H17N3Si. The highest BCUT2D eigenvalue weighted by Gasteiger charge is 1.96. The van der Waals surface area contributed by atoms with Gasteiger partial charge in [-0.15, -0.1) is 0 Å². The topological polar surface area (TPSA) is 36.1 Å². The van der Waals surface area contributed by atoms with Crippen LogP contribution in [-0.4, -0.2) is 29.8 Å². The number of hydrogen-bond acceptors (Lipinski definition) is 3. The summed E-state index contributed by atoms with van der Waals surface area (Å²) in [5.74, 6) is 0. The van der Waals surface area contributed by atoms with E-state index in [4.69, 9.17) is 0 Å². The summed E-state index contributed by atoms with van der Waals surface area (Å²) in [6.45, 7) is 6.21. The Bertz CT molecular complexity index is 54.2. The predicted octanol–water partition coefficient (Wildman–Crippen LogP) is -1.64. The van der Waals surface area contributed by atoms with Crippen LogP contribution in [0, 0.1) is 0 Å². The fourth-order valence-electron chi connectivity index (χ4n) is 0.685. The second-order valence-corrected chi connectivity index (χ2v) is 2.41. The van der Waals surface area contributed by atoms with Crippen LogP contribution in [0.3, 0.4) is 0 Å². The summed E-state index contributed by atoms with van der Waals surface area (Å²) < 4.78 is 0. The van der Waals surface area contributed by atoms with Crippen LogP contribution in [0.25, 0.3) is 0 Å². The average molecular weight is 147 g/mol. The Balaban J connectivity index is 3.18. The van der Waals surface area contributed by atoms with E-state index in [1.807, 2.05) is 0 Å². The van der Waals surface area contributed by atoms with Gasteiger partial charge in [-0.3, -0.25) is 10.6 Å². The molecule has 0 aromatic carbocycles. The Labute approximate surface area is 60.1 Å². The molecule has 0 bridgehead atoms. The SMILES string of the molecule is CCNC(N[SiH3])NCC. The molecule has 0 aliphatic rings. The van der Waals surface area contributed by atoms with Gasteiger partial charge < -0.3 is 4.98 Å². The molecule has 0 spiro atoms. The zero-order valence-electron chi connectivity index (χ0n) is 6.49. The standard InChI is InChI=1S/C5H17N3Si/c1-3-6-5(8-9)7-4-2/h5-8H,3-4H2,1-2,9H3. The molecule has 0 aliphatic heterocycles. The van der Waals surface area contributed by atoms with Crippen molar-refractivity contribution in [1.82, 2.24) is 15.6 Å². The fourth-order valence-corrected chi connectivity index (χ4v) is 1.09. The minimum atomic E-state index is 0.326. The molecule has 0 rings (SSSR count). The lowest BCUT2D eigenvalue weighted by Gasteiger charge is -2.17. The second-order valence-electron chi connectivity index (χ2n) is 1.84. The molecule has 4 heteroatoms. The average Bonchev–Trinajstić information content (AvgIpc) is 1.88. The molecule has 0 saturated heterocycles. The van der Waals surface area contributed by atoms with Crippen molar-refractivity contribution in [2.24, 2.45) is 0 Å². The molecule has 56 valence electrons. The van der Waals surface area contributed by atoms with Crippen LogP contribution < -0.4 is 15.6 Å². The quantitative estimate of drug-likeness (QED) is 0.322. The van der Waals surface area contributed by atoms with E-state index in [0.29, 0.717) is 6.29 Å². The van der Waals surface area contributed by atoms with Crippen molar-refractivity contribution in [3.05, 3.63) is 0 Å². The summed E-state index contributed by atoms with van der Waals surface area (Å²) in [6, 6.07) is 0. The third kappa shape index (κ3) is 4.59. The van der Waals surface area contributed by atoms with Crippen molar-refractivity contribution >= 4 is 10.4 Å². The Kier molecular flexibility index (Phi) is 6.29. The van der Waals surface area contributed by atoms with Gasteiger partial charge in [-0.2, -0.15) is 0 Å². The lowest BCUT2D eigenvalue weighted by atomic mass is 10.6. The van der Waals surface area contributed by atoms with E-state index >= 15 is 0 Å². The van der Waals surface area contributed by atoms with E-state index in [1.165, 1.54) is 0 Å². The molecule has 0 fully saturated rings. The first kappa shape index (κ1) is 9.10. The van der Waals surface area contributed by atoms with Crippen LogP contribution >= 0.6 is 0 Å². The summed E-state index contributed by atoms with van der Waals surface area (Å²) in [7, 11) is 1.03. The van der Waals surface area contributed by atoms with E-state index < -0.39 is 0 Å². The Morgan fingerprint density at radius 1 is 1.22 bits per heavy atom. The van der Waals surface area contributed by atoms with Crippen LogP contribution in [0.1, 0.15) is 13.8 Å². The van der Waals surface area contributed by atoms with Crippen molar-refractivity contribution in [2.75, 3.05) is 13.1 Å². The maximum Gasteiger partial charge on any atom is 0.105 e. The molecule has 0 aromatic rings. The van der Waals surface area contributed by atoms with Gasteiger partial charge in [0.2, 0.25) is 0 Å². The minimum Gasteiger partial charge on any atom is -0.319 e. The molecule has 9 heavy (non-hydrogen) atoms. The fraction of sp³-hybridized carbons (Fsp3) is 1.00. The zero-order valence-corrected chi connectivity index (χ0v) is 8.49. The molecular weight excluding hydrogens is 130 g/mol. The Hall–Kier alpha value is 0.0969. The van der Waals surface area contributed by atoms with Crippen molar-refractivity contribution in [1.29, 1.82) is 0 Å². The molecule has 0 atom stereocenters. The normalized spacial score (nSPS) is 11.0. The third-order valence-electron chi connectivity index (χ3n) is 1.11. The van der Waals surface area contributed by atoms with Crippen LogP contribution in [0.4, 0.5) is 0 Å². The summed E-state index contributed by atoms with van der Waals surface area (Å²) in [6.07, 6.45) is 0.326. The minimum absolute atomic E-state index is 0.326. The molecule has 3 nitrogen and oxygen atoms in total. The zero-order chi connectivity index (χ0) is 7.11. The Morgan fingerprint density at radius 3 is 1.89 bits per heavy atom. The molecule has 3 N–H and O–H groups in total. The van der Waals surface area contributed by atoms with E-state index in [-0.39, 0.29) is 0 Å². The molecule has 0 aromatic heterocycles. The van der Waals surface area contributed by atoms with Crippen molar-refractivity contribution < 1.29 is 0 Å². The highest BCUT2D eigenvalue weighted by Crippen LogP contribution is 1.65. The van der Waals surface area contributed by atoms with Gasteiger partial charge in [-0.05, 0) is 13.1 Å². The monoisotopic (exact) mass is 147 g/mol. The van der Waals surface area contributed by atoms with Gasteiger partial charge >= 0.3 is 0 Å². The maximum absolute atomic E-state index is 3.25. The Morgan fingerprint density at radius 2 is 1.67 bits per heavy atom. The first-order valence-electron chi connectivity index (χ1n) is 3.49. The van der Waals surface area contributed by atoms with Crippen molar-refractivity contribution in [3.8, 4) is 0 Å². The first-order valence-corrected chi connectivity index (χ1v) is 4.49. The molecule has 0 heterocycles.